The second kappa shape index (κ2) is 9.37. The van der Waals surface area contributed by atoms with E-state index in [4.69, 9.17) is 4.42 Å². The Balaban J connectivity index is 1.48. The van der Waals surface area contributed by atoms with Crippen LogP contribution in [0.15, 0.2) is 76.2 Å². The fraction of sp³-hybridized carbons (Fsp3) is 0.217. The fourth-order valence-corrected chi connectivity index (χ4v) is 5.27. The average molecular weight is 454 g/mol. The first-order chi connectivity index (χ1) is 15.4. The Labute approximate surface area is 186 Å². The van der Waals surface area contributed by atoms with Crippen molar-refractivity contribution < 1.29 is 22.4 Å². The van der Waals surface area contributed by atoms with Gasteiger partial charge in [0.25, 0.3) is 11.8 Å². The monoisotopic (exact) mass is 453 g/mol. The van der Waals surface area contributed by atoms with Crippen LogP contribution in [0, 0.1) is 0 Å². The fourth-order valence-electron chi connectivity index (χ4n) is 3.56. The number of rotatable bonds is 6. The van der Waals surface area contributed by atoms with Gasteiger partial charge in [-0.25, -0.2) is 8.42 Å². The summed E-state index contributed by atoms with van der Waals surface area (Å²) in [6.07, 6.45) is 4.05. The summed E-state index contributed by atoms with van der Waals surface area (Å²) < 4.78 is 32.7. The van der Waals surface area contributed by atoms with E-state index in [0.717, 1.165) is 19.3 Å². The molecule has 166 valence electrons. The summed E-state index contributed by atoms with van der Waals surface area (Å²) >= 11 is 0. The van der Waals surface area contributed by atoms with E-state index >= 15 is 0 Å². The highest BCUT2D eigenvalue weighted by atomic mass is 32.2. The average Bonchev–Trinajstić information content (AvgIpc) is 3.36. The van der Waals surface area contributed by atoms with Crippen LogP contribution in [0.1, 0.15) is 40.2 Å². The van der Waals surface area contributed by atoms with Gasteiger partial charge in [-0.15, -0.1) is 0 Å². The van der Waals surface area contributed by atoms with Gasteiger partial charge in [-0.05, 0) is 61.4 Å². The molecule has 9 heteroatoms. The molecule has 8 nitrogen and oxygen atoms in total. The maximum absolute atomic E-state index is 13.1. The molecular weight excluding hydrogens is 430 g/mol. The number of carbonyl (C=O) groups excluding carboxylic acids is 2. The normalized spacial score (nSPS) is 14.6. The molecule has 2 amide bonds. The maximum Gasteiger partial charge on any atom is 0.291 e. The Bertz CT molecular complexity index is 1200. The van der Waals surface area contributed by atoms with Gasteiger partial charge in [0, 0.05) is 24.5 Å². The molecule has 0 saturated carbocycles. The van der Waals surface area contributed by atoms with Gasteiger partial charge >= 0.3 is 0 Å². The third-order valence-corrected chi connectivity index (χ3v) is 7.17. The molecule has 4 rings (SSSR count). The molecule has 1 saturated heterocycles. The second-order valence-corrected chi connectivity index (χ2v) is 9.33. The van der Waals surface area contributed by atoms with E-state index < -0.39 is 15.9 Å². The summed E-state index contributed by atoms with van der Waals surface area (Å²) in [7, 11) is -3.76. The number of carbonyl (C=O) groups is 2. The summed E-state index contributed by atoms with van der Waals surface area (Å²) in [4.78, 5) is 25.0. The van der Waals surface area contributed by atoms with Crippen molar-refractivity contribution in [3.63, 3.8) is 0 Å². The molecule has 1 aliphatic heterocycles. The largest absolute Gasteiger partial charge is 0.459 e. The van der Waals surface area contributed by atoms with Crippen molar-refractivity contribution >= 4 is 33.2 Å². The van der Waals surface area contributed by atoms with Gasteiger partial charge in [-0.2, -0.15) is 4.31 Å². The van der Waals surface area contributed by atoms with E-state index in [-0.39, 0.29) is 22.1 Å². The molecule has 32 heavy (non-hydrogen) atoms. The Morgan fingerprint density at radius 2 is 1.41 bits per heavy atom. The molecule has 1 aliphatic rings. The van der Waals surface area contributed by atoms with Gasteiger partial charge in [0.05, 0.1) is 16.7 Å². The van der Waals surface area contributed by atoms with Crippen LogP contribution in [0.3, 0.4) is 0 Å². The lowest BCUT2D eigenvalue weighted by Crippen LogP contribution is -2.36. The highest BCUT2D eigenvalue weighted by Crippen LogP contribution is 2.24. The highest BCUT2D eigenvalue weighted by molar-refractivity contribution is 7.89. The number of piperidine rings is 1. The lowest BCUT2D eigenvalue weighted by Gasteiger charge is -2.26. The summed E-state index contributed by atoms with van der Waals surface area (Å²) in [5.74, 6) is -0.717. The maximum atomic E-state index is 13.1. The Morgan fingerprint density at radius 3 is 2.03 bits per heavy atom. The van der Waals surface area contributed by atoms with Crippen LogP contribution in [0.5, 0.6) is 0 Å². The highest BCUT2D eigenvalue weighted by Gasteiger charge is 2.29. The van der Waals surface area contributed by atoms with E-state index in [0.29, 0.717) is 24.5 Å². The number of nitrogens with zero attached hydrogens (tertiary/aromatic N) is 1. The van der Waals surface area contributed by atoms with Crippen LogP contribution >= 0.6 is 0 Å². The number of hydrogen-bond donors (Lipinski definition) is 2. The van der Waals surface area contributed by atoms with Gasteiger partial charge in [-0.3, -0.25) is 9.59 Å². The zero-order valence-electron chi connectivity index (χ0n) is 17.3. The number of anilines is 2. The first-order valence-corrected chi connectivity index (χ1v) is 11.7. The van der Waals surface area contributed by atoms with Crippen molar-refractivity contribution in [1.82, 2.24) is 4.31 Å². The smallest absolute Gasteiger partial charge is 0.291 e. The van der Waals surface area contributed by atoms with E-state index in [1.165, 1.54) is 22.7 Å². The minimum atomic E-state index is -3.76. The minimum absolute atomic E-state index is 0.00160. The van der Waals surface area contributed by atoms with Crippen LogP contribution in [-0.2, 0) is 10.0 Å². The third kappa shape index (κ3) is 4.74. The number of benzene rings is 2. The zero-order valence-corrected chi connectivity index (χ0v) is 18.1. The Morgan fingerprint density at radius 1 is 0.781 bits per heavy atom. The van der Waals surface area contributed by atoms with Crippen molar-refractivity contribution in [2.24, 2.45) is 0 Å². The van der Waals surface area contributed by atoms with E-state index in [2.05, 4.69) is 10.6 Å². The summed E-state index contributed by atoms with van der Waals surface area (Å²) in [5.41, 5.74) is 1.09. The molecule has 0 bridgehead atoms. The van der Waals surface area contributed by atoms with Gasteiger partial charge in [0.15, 0.2) is 5.76 Å². The number of furan rings is 1. The molecule has 1 aromatic heterocycles. The van der Waals surface area contributed by atoms with E-state index in [1.807, 2.05) is 0 Å². The summed E-state index contributed by atoms with van der Waals surface area (Å²) in [6, 6.07) is 15.9. The van der Waals surface area contributed by atoms with Crippen LogP contribution < -0.4 is 10.6 Å². The van der Waals surface area contributed by atoms with Gasteiger partial charge < -0.3 is 15.1 Å². The number of nitrogens with one attached hydrogen (secondary N) is 2. The topological polar surface area (TPSA) is 109 Å². The van der Waals surface area contributed by atoms with Crippen molar-refractivity contribution in [1.29, 1.82) is 0 Å². The molecule has 3 aromatic rings. The second-order valence-electron chi connectivity index (χ2n) is 7.42. The molecule has 0 spiro atoms. The van der Waals surface area contributed by atoms with Crippen LogP contribution in [-0.4, -0.2) is 37.6 Å². The number of sulfonamides is 1. The van der Waals surface area contributed by atoms with Crippen molar-refractivity contribution in [2.45, 2.75) is 24.2 Å². The first-order valence-electron chi connectivity index (χ1n) is 10.3. The van der Waals surface area contributed by atoms with Crippen molar-refractivity contribution in [2.75, 3.05) is 23.7 Å². The number of amides is 2. The first kappa shape index (κ1) is 21.8. The third-order valence-electron chi connectivity index (χ3n) is 5.21. The standard InChI is InChI=1S/C23H23N3O5S/c27-22(19-7-2-3-9-21(19)32(29,30)26-14-4-1-5-15-26)24-17-10-12-18(13-11-17)25-23(28)20-8-6-16-31-20/h2-3,6-13,16H,1,4-5,14-15H2,(H,24,27)(H,25,28). The Hall–Kier alpha value is -3.43. The van der Waals surface area contributed by atoms with E-state index in [1.54, 1.807) is 48.5 Å². The summed E-state index contributed by atoms with van der Waals surface area (Å²) in [6.45, 7) is 0.924. The van der Waals surface area contributed by atoms with Gasteiger partial charge in [0.2, 0.25) is 10.0 Å². The van der Waals surface area contributed by atoms with Gasteiger partial charge in [0.1, 0.15) is 0 Å². The summed E-state index contributed by atoms with van der Waals surface area (Å²) in [5, 5.41) is 5.42. The molecule has 0 unspecified atom stereocenters. The molecule has 0 aliphatic carbocycles. The molecular formula is C23H23N3O5S. The van der Waals surface area contributed by atoms with Crippen LogP contribution in [0.2, 0.25) is 0 Å². The lowest BCUT2D eigenvalue weighted by molar-refractivity contribution is 0.0994. The molecule has 2 N–H and O–H groups in total. The van der Waals surface area contributed by atoms with Gasteiger partial charge in [-0.1, -0.05) is 18.6 Å². The molecule has 1 fully saturated rings. The van der Waals surface area contributed by atoms with Crippen LogP contribution in [0.4, 0.5) is 11.4 Å². The molecule has 0 atom stereocenters. The predicted molar refractivity (Wildman–Crippen MR) is 120 cm³/mol. The quantitative estimate of drug-likeness (QED) is 0.587. The molecule has 0 radical (unpaired) electrons. The van der Waals surface area contributed by atoms with Crippen molar-refractivity contribution in [3.05, 3.63) is 78.3 Å². The van der Waals surface area contributed by atoms with E-state index in [9.17, 15) is 18.0 Å². The SMILES string of the molecule is O=C(Nc1ccc(NC(=O)c2ccccc2S(=O)(=O)N2CCCCC2)cc1)c1ccco1. The van der Waals surface area contributed by atoms with Crippen molar-refractivity contribution in [3.8, 4) is 0 Å². The predicted octanol–water partition coefficient (Wildman–Crippen LogP) is 3.96. The van der Waals surface area contributed by atoms with Crippen LogP contribution in [0.25, 0.3) is 0 Å². The molecule has 2 aromatic carbocycles. The minimum Gasteiger partial charge on any atom is -0.459 e. The number of hydrogen-bond acceptors (Lipinski definition) is 5. The zero-order chi connectivity index (χ0) is 22.6. The molecule has 2 heterocycles. The lowest BCUT2D eigenvalue weighted by atomic mass is 10.2. The Kier molecular flexibility index (Phi) is 6.38.